The molecule has 0 amide bonds. The average Bonchev–Trinajstić information content (AvgIpc) is 2.74. The summed E-state index contributed by atoms with van der Waals surface area (Å²) in [6, 6.07) is 4.24. The minimum absolute atomic E-state index is 0.328. The molecule has 1 aromatic heterocycles. The fourth-order valence-corrected chi connectivity index (χ4v) is 1.98. The number of aromatic amines is 1. The SMILES string of the molecule is OC(Cc1ncc[nH]1)c1cc(F)ccc1Br. The van der Waals surface area contributed by atoms with Crippen LogP contribution in [0.25, 0.3) is 0 Å². The number of nitrogens with one attached hydrogen (secondary N) is 1. The lowest BCUT2D eigenvalue weighted by molar-refractivity contribution is 0.175. The van der Waals surface area contributed by atoms with E-state index in [0.29, 0.717) is 22.3 Å². The van der Waals surface area contributed by atoms with Gasteiger partial charge in [-0.1, -0.05) is 15.9 Å². The van der Waals surface area contributed by atoms with Crippen LogP contribution in [0.4, 0.5) is 4.39 Å². The Hall–Kier alpha value is -1.20. The molecule has 0 spiro atoms. The van der Waals surface area contributed by atoms with Gasteiger partial charge in [0.2, 0.25) is 0 Å². The zero-order chi connectivity index (χ0) is 11.5. The van der Waals surface area contributed by atoms with Crippen LogP contribution >= 0.6 is 15.9 Å². The van der Waals surface area contributed by atoms with Crippen molar-refractivity contribution >= 4 is 15.9 Å². The van der Waals surface area contributed by atoms with Crippen molar-refractivity contribution in [3.63, 3.8) is 0 Å². The Morgan fingerprint density at radius 2 is 2.31 bits per heavy atom. The molecule has 1 heterocycles. The van der Waals surface area contributed by atoms with Crippen molar-refractivity contribution in [3.8, 4) is 0 Å². The molecule has 2 rings (SSSR count). The predicted octanol–water partition coefficient (Wildman–Crippen LogP) is 2.59. The van der Waals surface area contributed by atoms with Gasteiger partial charge in [0.1, 0.15) is 11.6 Å². The van der Waals surface area contributed by atoms with Crippen LogP contribution < -0.4 is 0 Å². The van der Waals surface area contributed by atoms with E-state index < -0.39 is 6.10 Å². The molecule has 0 fully saturated rings. The second kappa shape index (κ2) is 4.76. The van der Waals surface area contributed by atoms with E-state index >= 15 is 0 Å². The van der Waals surface area contributed by atoms with E-state index in [4.69, 9.17) is 0 Å². The summed E-state index contributed by atoms with van der Waals surface area (Å²) in [5.41, 5.74) is 0.524. The predicted molar refractivity (Wildman–Crippen MR) is 61.4 cm³/mol. The van der Waals surface area contributed by atoms with E-state index in [0.717, 1.165) is 0 Å². The van der Waals surface area contributed by atoms with Crippen LogP contribution in [0.3, 0.4) is 0 Å². The van der Waals surface area contributed by atoms with Crippen molar-refractivity contribution in [1.82, 2.24) is 9.97 Å². The third kappa shape index (κ3) is 2.48. The molecule has 2 aromatic rings. The number of rotatable bonds is 3. The molecule has 5 heteroatoms. The van der Waals surface area contributed by atoms with Gasteiger partial charge in [0.15, 0.2) is 0 Å². The first kappa shape index (κ1) is 11.3. The Morgan fingerprint density at radius 1 is 1.50 bits per heavy atom. The highest BCUT2D eigenvalue weighted by atomic mass is 79.9. The highest BCUT2D eigenvalue weighted by Gasteiger charge is 2.14. The van der Waals surface area contributed by atoms with Gasteiger partial charge in [0.05, 0.1) is 6.10 Å². The summed E-state index contributed by atoms with van der Waals surface area (Å²) in [6.45, 7) is 0. The lowest BCUT2D eigenvalue weighted by Crippen LogP contribution is -2.04. The second-order valence-corrected chi connectivity index (χ2v) is 4.28. The minimum Gasteiger partial charge on any atom is -0.388 e. The number of imidazole rings is 1. The van der Waals surface area contributed by atoms with E-state index in [1.807, 2.05) is 0 Å². The highest BCUT2D eigenvalue weighted by molar-refractivity contribution is 9.10. The first-order chi connectivity index (χ1) is 7.66. The third-order valence-corrected chi connectivity index (χ3v) is 2.98. The molecule has 2 N–H and O–H groups in total. The third-order valence-electron chi connectivity index (χ3n) is 2.26. The Balaban J connectivity index is 2.20. The van der Waals surface area contributed by atoms with E-state index in [1.54, 1.807) is 18.5 Å². The molecule has 0 aliphatic heterocycles. The van der Waals surface area contributed by atoms with E-state index in [1.165, 1.54) is 12.1 Å². The molecule has 0 saturated heterocycles. The first-order valence-corrected chi connectivity index (χ1v) is 5.57. The van der Waals surface area contributed by atoms with Gasteiger partial charge in [-0.25, -0.2) is 9.37 Å². The number of aliphatic hydroxyl groups excluding tert-OH is 1. The molecular formula is C11H10BrFN2O. The Morgan fingerprint density at radius 3 is 3.00 bits per heavy atom. The van der Waals surface area contributed by atoms with E-state index in [-0.39, 0.29) is 5.82 Å². The number of nitrogens with zero attached hydrogens (tertiary/aromatic N) is 1. The van der Waals surface area contributed by atoms with Crippen LogP contribution in [0.15, 0.2) is 35.1 Å². The fourth-order valence-electron chi connectivity index (χ4n) is 1.47. The molecule has 84 valence electrons. The summed E-state index contributed by atoms with van der Waals surface area (Å²) in [7, 11) is 0. The van der Waals surface area contributed by atoms with Gasteiger partial charge in [0.25, 0.3) is 0 Å². The fraction of sp³-hybridized carbons (Fsp3) is 0.182. The smallest absolute Gasteiger partial charge is 0.123 e. The van der Waals surface area contributed by atoms with Crippen LogP contribution in [-0.4, -0.2) is 15.1 Å². The molecule has 3 nitrogen and oxygen atoms in total. The van der Waals surface area contributed by atoms with Crippen molar-refractivity contribution < 1.29 is 9.50 Å². The second-order valence-electron chi connectivity index (χ2n) is 3.42. The molecule has 0 bridgehead atoms. The average molecular weight is 285 g/mol. The van der Waals surface area contributed by atoms with Crippen molar-refractivity contribution in [1.29, 1.82) is 0 Å². The standard InChI is InChI=1S/C11H10BrFN2O/c12-9-2-1-7(13)5-8(9)10(16)6-11-14-3-4-15-11/h1-5,10,16H,6H2,(H,14,15). The van der Waals surface area contributed by atoms with E-state index in [2.05, 4.69) is 25.9 Å². The minimum atomic E-state index is -0.781. The van der Waals surface area contributed by atoms with Crippen LogP contribution in [0.5, 0.6) is 0 Å². The van der Waals surface area contributed by atoms with Gasteiger partial charge < -0.3 is 10.1 Å². The molecule has 0 aliphatic rings. The number of hydrogen-bond acceptors (Lipinski definition) is 2. The lowest BCUT2D eigenvalue weighted by Gasteiger charge is -2.11. The van der Waals surface area contributed by atoms with Crippen molar-refractivity contribution in [3.05, 3.63) is 52.3 Å². The quantitative estimate of drug-likeness (QED) is 0.910. The summed E-state index contributed by atoms with van der Waals surface area (Å²) in [5, 5.41) is 9.94. The maximum Gasteiger partial charge on any atom is 0.123 e. The molecule has 0 aliphatic carbocycles. The maximum atomic E-state index is 13.0. The van der Waals surface area contributed by atoms with Gasteiger partial charge in [-0.3, -0.25) is 0 Å². The summed E-state index contributed by atoms with van der Waals surface area (Å²) >= 11 is 3.28. The van der Waals surface area contributed by atoms with Gasteiger partial charge in [-0.15, -0.1) is 0 Å². The first-order valence-electron chi connectivity index (χ1n) is 4.78. The van der Waals surface area contributed by atoms with Crippen LogP contribution in [0.2, 0.25) is 0 Å². The van der Waals surface area contributed by atoms with Gasteiger partial charge in [0, 0.05) is 23.3 Å². The molecule has 0 radical (unpaired) electrons. The summed E-state index contributed by atoms with van der Waals surface area (Å²) < 4.78 is 13.7. The Bertz CT molecular complexity index is 473. The maximum absolute atomic E-state index is 13.0. The topological polar surface area (TPSA) is 48.9 Å². The summed E-state index contributed by atoms with van der Waals surface area (Å²) in [4.78, 5) is 6.90. The number of aliphatic hydroxyl groups is 1. The number of halogens is 2. The normalized spacial score (nSPS) is 12.7. The number of aromatic nitrogens is 2. The number of benzene rings is 1. The Kier molecular flexibility index (Phi) is 3.36. The van der Waals surface area contributed by atoms with Crippen molar-refractivity contribution in [2.75, 3.05) is 0 Å². The molecule has 1 atom stereocenters. The summed E-state index contributed by atoms with van der Waals surface area (Å²) in [6.07, 6.45) is 2.84. The molecule has 0 saturated carbocycles. The number of H-pyrrole nitrogens is 1. The van der Waals surface area contributed by atoms with Crippen molar-refractivity contribution in [2.45, 2.75) is 12.5 Å². The Labute approximate surface area is 100 Å². The summed E-state index contributed by atoms with van der Waals surface area (Å²) in [5.74, 6) is 0.306. The number of hydrogen-bond donors (Lipinski definition) is 2. The lowest BCUT2D eigenvalue weighted by atomic mass is 10.1. The highest BCUT2D eigenvalue weighted by Crippen LogP contribution is 2.26. The van der Waals surface area contributed by atoms with Crippen LogP contribution in [-0.2, 0) is 6.42 Å². The zero-order valence-electron chi connectivity index (χ0n) is 8.32. The van der Waals surface area contributed by atoms with E-state index in [9.17, 15) is 9.50 Å². The van der Waals surface area contributed by atoms with Gasteiger partial charge in [-0.05, 0) is 23.8 Å². The monoisotopic (exact) mass is 284 g/mol. The van der Waals surface area contributed by atoms with Crippen LogP contribution in [0.1, 0.15) is 17.5 Å². The molecule has 1 aromatic carbocycles. The molecule has 1 unspecified atom stereocenters. The van der Waals surface area contributed by atoms with Crippen LogP contribution in [0, 0.1) is 5.82 Å². The van der Waals surface area contributed by atoms with Gasteiger partial charge in [-0.2, -0.15) is 0 Å². The molecular weight excluding hydrogens is 275 g/mol. The zero-order valence-corrected chi connectivity index (χ0v) is 9.91. The van der Waals surface area contributed by atoms with Crippen molar-refractivity contribution in [2.24, 2.45) is 0 Å². The van der Waals surface area contributed by atoms with Gasteiger partial charge >= 0.3 is 0 Å². The largest absolute Gasteiger partial charge is 0.388 e. The molecule has 16 heavy (non-hydrogen) atoms.